The number of aromatic nitrogens is 1. The maximum Gasteiger partial charge on any atom is 0.106 e. The van der Waals surface area contributed by atoms with Crippen LogP contribution in [-0.2, 0) is 6.42 Å². The SMILES string of the molecule is CC(CCc1ccccc1)Nc1ccc2scnc2c1N. The fourth-order valence-corrected chi connectivity index (χ4v) is 3.14. The van der Waals surface area contributed by atoms with E-state index >= 15 is 0 Å². The van der Waals surface area contributed by atoms with Crippen LogP contribution in [-0.4, -0.2) is 11.0 Å². The number of nitrogen functional groups attached to an aromatic ring is 1. The van der Waals surface area contributed by atoms with E-state index in [0.29, 0.717) is 6.04 Å². The molecule has 4 heteroatoms. The molecule has 0 saturated heterocycles. The summed E-state index contributed by atoms with van der Waals surface area (Å²) in [6.45, 7) is 2.19. The van der Waals surface area contributed by atoms with Crippen molar-refractivity contribution in [3.63, 3.8) is 0 Å². The number of thiazole rings is 1. The summed E-state index contributed by atoms with van der Waals surface area (Å²) in [7, 11) is 0. The Balaban J connectivity index is 1.66. The van der Waals surface area contributed by atoms with Crippen LogP contribution in [0.5, 0.6) is 0 Å². The van der Waals surface area contributed by atoms with Crippen molar-refractivity contribution in [1.29, 1.82) is 0 Å². The maximum atomic E-state index is 6.20. The van der Waals surface area contributed by atoms with Crippen LogP contribution in [0.1, 0.15) is 18.9 Å². The number of nitrogens with one attached hydrogen (secondary N) is 1. The van der Waals surface area contributed by atoms with Crippen molar-refractivity contribution >= 4 is 32.9 Å². The van der Waals surface area contributed by atoms with E-state index in [2.05, 4.69) is 59.7 Å². The average molecular weight is 297 g/mol. The molecule has 3 N–H and O–H groups in total. The quantitative estimate of drug-likeness (QED) is 0.690. The zero-order valence-electron chi connectivity index (χ0n) is 12.0. The zero-order valence-corrected chi connectivity index (χ0v) is 12.9. The highest BCUT2D eigenvalue weighted by Crippen LogP contribution is 2.30. The van der Waals surface area contributed by atoms with Gasteiger partial charge >= 0.3 is 0 Å². The third-order valence-corrected chi connectivity index (χ3v) is 4.45. The van der Waals surface area contributed by atoms with Gasteiger partial charge < -0.3 is 11.1 Å². The first-order chi connectivity index (χ1) is 10.2. The van der Waals surface area contributed by atoms with Crippen molar-refractivity contribution in [3.8, 4) is 0 Å². The smallest absolute Gasteiger partial charge is 0.106 e. The van der Waals surface area contributed by atoms with Crippen LogP contribution in [0.3, 0.4) is 0 Å². The summed E-state index contributed by atoms with van der Waals surface area (Å²) >= 11 is 1.62. The summed E-state index contributed by atoms with van der Waals surface area (Å²) < 4.78 is 1.13. The highest BCUT2D eigenvalue weighted by atomic mass is 32.1. The second-order valence-corrected chi connectivity index (χ2v) is 6.18. The van der Waals surface area contributed by atoms with Crippen LogP contribution < -0.4 is 11.1 Å². The van der Waals surface area contributed by atoms with E-state index in [1.54, 1.807) is 11.3 Å². The predicted molar refractivity (Wildman–Crippen MR) is 91.9 cm³/mol. The minimum atomic E-state index is 0.364. The van der Waals surface area contributed by atoms with Gasteiger partial charge in [-0.25, -0.2) is 4.98 Å². The molecule has 0 aliphatic rings. The van der Waals surface area contributed by atoms with Crippen molar-refractivity contribution in [1.82, 2.24) is 4.98 Å². The Bertz CT molecular complexity index is 721. The van der Waals surface area contributed by atoms with Gasteiger partial charge in [0.2, 0.25) is 0 Å². The topological polar surface area (TPSA) is 50.9 Å². The van der Waals surface area contributed by atoms with Crippen LogP contribution in [0.4, 0.5) is 11.4 Å². The maximum absolute atomic E-state index is 6.20. The molecular weight excluding hydrogens is 278 g/mol. The second kappa shape index (κ2) is 6.14. The molecule has 21 heavy (non-hydrogen) atoms. The van der Waals surface area contributed by atoms with E-state index in [-0.39, 0.29) is 0 Å². The van der Waals surface area contributed by atoms with Gasteiger partial charge in [-0.05, 0) is 37.5 Å². The highest BCUT2D eigenvalue weighted by molar-refractivity contribution is 7.16. The Morgan fingerprint density at radius 3 is 2.81 bits per heavy atom. The normalized spacial score (nSPS) is 12.4. The van der Waals surface area contributed by atoms with E-state index in [9.17, 15) is 0 Å². The number of nitrogens with zero attached hydrogens (tertiary/aromatic N) is 1. The molecule has 1 atom stereocenters. The summed E-state index contributed by atoms with van der Waals surface area (Å²) in [4.78, 5) is 4.33. The lowest BCUT2D eigenvalue weighted by Crippen LogP contribution is -2.17. The molecule has 0 radical (unpaired) electrons. The van der Waals surface area contributed by atoms with E-state index in [1.165, 1.54) is 5.56 Å². The van der Waals surface area contributed by atoms with Crippen LogP contribution in [0, 0.1) is 0 Å². The van der Waals surface area contributed by atoms with Crippen molar-refractivity contribution < 1.29 is 0 Å². The molecule has 0 amide bonds. The van der Waals surface area contributed by atoms with Gasteiger partial charge in [0.05, 0.1) is 21.6 Å². The fourth-order valence-electron chi connectivity index (χ4n) is 2.44. The van der Waals surface area contributed by atoms with E-state index in [1.807, 2.05) is 5.51 Å². The lowest BCUT2D eigenvalue weighted by atomic mass is 10.1. The minimum Gasteiger partial charge on any atom is -0.395 e. The third-order valence-electron chi connectivity index (χ3n) is 3.65. The zero-order chi connectivity index (χ0) is 14.7. The van der Waals surface area contributed by atoms with Gasteiger partial charge in [-0.1, -0.05) is 30.3 Å². The number of benzene rings is 2. The predicted octanol–water partition coefficient (Wildman–Crippen LogP) is 4.31. The molecule has 0 spiro atoms. The molecular formula is C17H19N3S. The highest BCUT2D eigenvalue weighted by Gasteiger charge is 2.09. The molecule has 0 bridgehead atoms. The molecule has 1 aromatic heterocycles. The summed E-state index contributed by atoms with van der Waals surface area (Å²) in [6.07, 6.45) is 2.13. The van der Waals surface area contributed by atoms with Crippen molar-refractivity contribution in [2.24, 2.45) is 0 Å². The van der Waals surface area contributed by atoms with Crippen LogP contribution in [0.15, 0.2) is 48.0 Å². The van der Waals surface area contributed by atoms with Gasteiger partial charge in [0.25, 0.3) is 0 Å². The Kier molecular flexibility index (Phi) is 4.06. The number of nitrogens with two attached hydrogens (primary N) is 1. The number of fused-ring (bicyclic) bond motifs is 1. The number of hydrogen-bond acceptors (Lipinski definition) is 4. The third kappa shape index (κ3) is 3.16. The molecule has 2 aromatic carbocycles. The van der Waals surface area contributed by atoms with E-state index in [0.717, 1.165) is 34.4 Å². The Morgan fingerprint density at radius 1 is 1.19 bits per heavy atom. The molecule has 3 rings (SSSR count). The van der Waals surface area contributed by atoms with Crippen LogP contribution in [0.25, 0.3) is 10.2 Å². The van der Waals surface area contributed by atoms with Crippen molar-refractivity contribution in [2.75, 3.05) is 11.1 Å². The van der Waals surface area contributed by atoms with Crippen molar-refractivity contribution in [3.05, 3.63) is 53.5 Å². The average Bonchev–Trinajstić information content (AvgIpc) is 2.98. The van der Waals surface area contributed by atoms with E-state index < -0.39 is 0 Å². The van der Waals surface area contributed by atoms with Gasteiger partial charge in [0.1, 0.15) is 5.52 Å². The minimum absolute atomic E-state index is 0.364. The van der Waals surface area contributed by atoms with Gasteiger partial charge in [0.15, 0.2) is 0 Å². The molecule has 1 heterocycles. The standard InChI is InChI=1S/C17H19N3S/c1-12(7-8-13-5-3-2-4-6-13)20-14-9-10-15-17(16(14)18)19-11-21-15/h2-6,9-12,20H,7-8,18H2,1H3. The first kappa shape index (κ1) is 13.9. The molecule has 108 valence electrons. The summed E-state index contributed by atoms with van der Waals surface area (Å²) in [5.41, 5.74) is 12.0. The van der Waals surface area contributed by atoms with Gasteiger partial charge in [-0.2, -0.15) is 0 Å². The molecule has 3 nitrogen and oxygen atoms in total. The Labute approximate surface area is 128 Å². The van der Waals surface area contributed by atoms with Crippen LogP contribution in [0.2, 0.25) is 0 Å². The largest absolute Gasteiger partial charge is 0.395 e. The monoisotopic (exact) mass is 297 g/mol. The molecule has 0 fully saturated rings. The molecule has 0 aliphatic carbocycles. The second-order valence-electron chi connectivity index (χ2n) is 5.30. The van der Waals surface area contributed by atoms with Gasteiger partial charge in [-0.15, -0.1) is 11.3 Å². The van der Waals surface area contributed by atoms with Gasteiger partial charge in [0, 0.05) is 6.04 Å². The molecule has 0 saturated carbocycles. The Morgan fingerprint density at radius 2 is 2.00 bits per heavy atom. The lowest BCUT2D eigenvalue weighted by molar-refractivity contribution is 0.706. The van der Waals surface area contributed by atoms with Crippen molar-refractivity contribution in [2.45, 2.75) is 25.8 Å². The summed E-state index contributed by atoms with van der Waals surface area (Å²) in [5, 5.41) is 3.50. The summed E-state index contributed by atoms with van der Waals surface area (Å²) in [5.74, 6) is 0. The first-order valence-corrected chi connectivity index (χ1v) is 8.04. The van der Waals surface area contributed by atoms with Gasteiger partial charge in [-0.3, -0.25) is 0 Å². The number of rotatable bonds is 5. The number of hydrogen-bond donors (Lipinski definition) is 2. The summed E-state index contributed by atoms with van der Waals surface area (Å²) in [6, 6.07) is 15.1. The fraction of sp³-hybridized carbons (Fsp3) is 0.235. The Hall–Kier alpha value is -2.07. The lowest BCUT2D eigenvalue weighted by Gasteiger charge is -2.17. The molecule has 1 unspecified atom stereocenters. The molecule has 0 aliphatic heterocycles. The molecule has 3 aromatic rings. The number of aryl methyl sites for hydroxylation is 1. The van der Waals surface area contributed by atoms with Crippen LogP contribution >= 0.6 is 11.3 Å². The number of anilines is 2. The first-order valence-electron chi connectivity index (χ1n) is 7.16. The van der Waals surface area contributed by atoms with E-state index in [4.69, 9.17) is 5.73 Å².